The van der Waals surface area contributed by atoms with Crippen molar-refractivity contribution in [2.24, 2.45) is 5.92 Å². The minimum atomic E-state index is -4.30. The van der Waals surface area contributed by atoms with Crippen LogP contribution in [0.25, 0.3) is 0 Å². The van der Waals surface area contributed by atoms with Gasteiger partial charge in [0.25, 0.3) is 10.0 Å². The molecule has 0 radical (unpaired) electrons. The summed E-state index contributed by atoms with van der Waals surface area (Å²) in [6, 6.07) is 28.7. The molecule has 47 heavy (non-hydrogen) atoms. The molecule has 0 aliphatic carbocycles. The molecule has 0 heterocycles. The quantitative estimate of drug-likeness (QED) is 0.160. The average molecular weight is 723 g/mol. The van der Waals surface area contributed by atoms with Gasteiger partial charge in [0.15, 0.2) is 11.5 Å². The van der Waals surface area contributed by atoms with Gasteiger partial charge < -0.3 is 19.7 Å². The molecule has 0 aliphatic heterocycles. The molecule has 9 nitrogen and oxygen atoms in total. The van der Waals surface area contributed by atoms with Crippen LogP contribution in [0.3, 0.4) is 0 Å². The number of nitrogens with one attached hydrogen (secondary N) is 1. The molecular formula is C36H40BrN3O6S. The molecule has 4 aromatic carbocycles. The predicted octanol–water partition coefficient (Wildman–Crippen LogP) is 6.07. The molecule has 248 valence electrons. The first-order valence-electron chi connectivity index (χ1n) is 15.2. The third-order valence-electron chi connectivity index (χ3n) is 7.46. The highest BCUT2D eigenvalue weighted by Gasteiger charge is 2.35. The van der Waals surface area contributed by atoms with Crippen molar-refractivity contribution in [2.75, 3.05) is 31.6 Å². The van der Waals surface area contributed by atoms with E-state index in [4.69, 9.17) is 9.47 Å². The fraction of sp³-hybridized carbons (Fsp3) is 0.278. The number of rotatable bonds is 15. The van der Waals surface area contributed by atoms with E-state index in [1.807, 2.05) is 68.4 Å². The summed E-state index contributed by atoms with van der Waals surface area (Å²) in [5.41, 5.74) is 1.93. The molecule has 2 amide bonds. The maximum atomic E-state index is 14.6. The number of methoxy groups -OCH3 is 2. The Kier molecular flexibility index (Phi) is 12.4. The predicted molar refractivity (Wildman–Crippen MR) is 187 cm³/mol. The van der Waals surface area contributed by atoms with Gasteiger partial charge in [-0.1, -0.05) is 90.4 Å². The summed E-state index contributed by atoms with van der Waals surface area (Å²) in [7, 11) is -1.42. The molecule has 11 heteroatoms. The van der Waals surface area contributed by atoms with E-state index in [0.29, 0.717) is 18.0 Å². The van der Waals surface area contributed by atoms with Crippen LogP contribution < -0.4 is 19.1 Å². The Morgan fingerprint density at radius 2 is 1.45 bits per heavy atom. The van der Waals surface area contributed by atoms with Crippen molar-refractivity contribution in [3.63, 3.8) is 0 Å². The van der Waals surface area contributed by atoms with Crippen LogP contribution >= 0.6 is 15.9 Å². The van der Waals surface area contributed by atoms with Gasteiger partial charge in [-0.15, -0.1) is 0 Å². The van der Waals surface area contributed by atoms with Crippen molar-refractivity contribution in [2.45, 2.75) is 37.8 Å². The second kappa shape index (κ2) is 16.5. The third kappa shape index (κ3) is 9.36. The zero-order valence-corrected chi connectivity index (χ0v) is 29.3. The Bertz CT molecular complexity index is 1750. The van der Waals surface area contributed by atoms with Crippen LogP contribution in [0.1, 0.15) is 25.0 Å². The van der Waals surface area contributed by atoms with E-state index in [1.54, 1.807) is 30.3 Å². The number of hydrogen-bond acceptors (Lipinski definition) is 6. The standard InChI is InChI=1S/C36H40BrN3O6S/c1-26(2)23-38-36(42)32(21-27-12-7-5-8-13-27)39(24-28-14-11-15-29(37)20-28)35(41)25-40(30-16-9-6-10-17-30)47(43,44)31-18-19-33(45-3)34(22-31)46-4/h5-20,22,26,32H,21,23-25H2,1-4H3,(H,38,42)/t32-/m1/s1. The largest absolute Gasteiger partial charge is 0.493 e. The van der Waals surface area contributed by atoms with Crippen molar-refractivity contribution < 1.29 is 27.5 Å². The number of carbonyl (C=O) groups excluding carboxylic acids is 2. The van der Waals surface area contributed by atoms with Crippen molar-refractivity contribution in [1.29, 1.82) is 0 Å². The van der Waals surface area contributed by atoms with Crippen molar-refractivity contribution >= 4 is 43.5 Å². The molecule has 0 aliphatic rings. The summed E-state index contributed by atoms with van der Waals surface area (Å²) in [5, 5.41) is 3.00. The maximum absolute atomic E-state index is 14.6. The lowest BCUT2D eigenvalue weighted by Gasteiger charge is -2.34. The van der Waals surface area contributed by atoms with Crippen LogP contribution in [0.5, 0.6) is 11.5 Å². The van der Waals surface area contributed by atoms with Gasteiger partial charge in [-0.3, -0.25) is 13.9 Å². The monoisotopic (exact) mass is 721 g/mol. The van der Waals surface area contributed by atoms with E-state index in [9.17, 15) is 18.0 Å². The number of halogens is 1. The fourth-order valence-corrected chi connectivity index (χ4v) is 6.91. The first-order chi connectivity index (χ1) is 22.5. The molecule has 0 saturated heterocycles. The topological polar surface area (TPSA) is 105 Å². The zero-order valence-electron chi connectivity index (χ0n) is 26.9. The summed E-state index contributed by atoms with van der Waals surface area (Å²) in [6.07, 6.45) is 0.234. The minimum absolute atomic E-state index is 0.0733. The van der Waals surface area contributed by atoms with Crippen LogP contribution in [0.4, 0.5) is 5.69 Å². The van der Waals surface area contributed by atoms with Crippen molar-refractivity contribution in [1.82, 2.24) is 10.2 Å². The van der Waals surface area contributed by atoms with Gasteiger partial charge in [-0.05, 0) is 53.4 Å². The Morgan fingerprint density at radius 3 is 2.06 bits per heavy atom. The third-order valence-corrected chi connectivity index (χ3v) is 9.73. The molecule has 4 aromatic rings. The first kappa shape index (κ1) is 35.5. The second-order valence-corrected chi connectivity index (χ2v) is 14.1. The number of ether oxygens (including phenoxy) is 2. The molecule has 0 spiro atoms. The lowest BCUT2D eigenvalue weighted by Crippen LogP contribution is -2.53. The normalized spacial score (nSPS) is 11.9. The van der Waals surface area contributed by atoms with Gasteiger partial charge in [0.05, 0.1) is 24.8 Å². The molecule has 0 aromatic heterocycles. The van der Waals surface area contributed by atoms with Crippen LogP contribution in [0, 0.1) is 5.92 Å². The van der Waals surface area contributed by atoms with E-state index in [1.165, 1.54) is 37.3 Å². The summed E-state index contributed by atoms with van der Waals surface area (Å²) in [4.78, 5) is 29.9. The van der Waals surface area contributed by atoms with Crippen LogP contribution in [-0.2, 0) is 32.6 Å². The Morgan fingerprint density at radius 1 is 0.809 bits per heavy atom. The number of hydrogen-bond donors (Lipinski definition) is 1. The summed E-state index contributed by atoms with van der Waals surface area (Å²) < 4.78 is 41.2. The highest BCUT2D eigenvalue weighted by atomic mass is 79.9. The van der Waals surface area contributed by atoms with Gasteiger partial charge in [-0.2, -0.15) is 0 Å². The summed E-state index contributed by atoms with van der Waals surface area (Å²) >= 11 is 3.51. The van der Waals surface area contributed by atoms with Crippen molar-refractivity contribution in [3.05, 3.63) is 119 Å². The Hall–Kier alpha value is -4.35. The second-order valence-electron chi connectivity index (χ2n) is 11.4. The minimum Gasteiger partial charge on any atom is -0.493 e. The van der Waals surface area contributed by atoms with Gasteiger partial charge in [0, 0.05) is 30.0 Å². The number of amides is 2. The summed E-state index contributed by atoms with van der Waals surface area (Å²) in [6.45, 7) is 3.93. The van der Waals surface area contributed by atoms with Gasteiger partial charge in [0.1, 0.15) is 12.6 Å². The molecule has 0 saturated carbocycles. The fourth-order valence-electron chi connectivity index (χ4n) is 5.04. The molecule has 0 unspecified atom stereocenters. The molecule has 4 rings (SSSR count). The molecule has 1 atom stereocenters. The highest BCUT2D eigenvalue weighted by Crippen LogP contribution is 2.32. The number of anilines is 1. The number of benzene rings is 4. The Labute approximate surface area is 285 Å². The smallest absolute Gasteiger partial charge is 0.264 e. The van der Waals surface area contributed by atoms with Crippen molar-refractivity contribution in [3.8, 4) is 11.5 Å². The number of carbonyl (C=O) groups is 2. The van der Waals surface area contributed by atoms with Crippen LogP contribution in [0.2, 0.25) is 0 Å². The van der Waals surface area contributed by atoms with Gasteiger partial charge >= 0.3 is 0 Å². The lowest BCUT2D eigenvalue weighted by atomic mass is 10.0. The van der Waals surface area contributed by atoms with Gasteiger partial charge in [0.2, 0.25) is 11.8 Å². The Balaban J connectivity index is 1.80. The summed E-state index contributed by atoms with van der Waals surface area (Å²) in [5.74, 6) is -0.0803. The first-order valence-corrected chi connectivity index (χ1v) is 17.4. The van der Waals surface area contributed by atoms with E-state index in [0.717, 1.165) is 19.9 Å². The molecular weight excluding hydrogens is 682 g/mol. The van der Waals surface area contributed by atoms with E-state index < -0.39 is 28.5 Å². The number of sulfonamides is 1. The SMILES string of the molecule is COc1ccc(S(=O)(=O)N(CC(=O)N(Cc2cccc(Br)c2)[C@H](Cc2ccccc2)C(=O)NCC(C)C)c2ccccc2)cc1OC. The van der Waals surface area contributed by atoms with Crippen LogP contribution in [0.15, 0.2) is 112 Å². The lowest BCUT2D eigenvalue weighted by molar-refractivity contribution is -0.140. The molecule has 0 fully saturated rings. The number of para-hydroxylation sites is 1. The zero-order chi connectivity index (χ0) is 34.0. The highest BCUT2D eigenvalue weighted by molar-refractivity contribution is 9.10. The van der Waals surface area contributed by atoms with E-state index in [2.05, 4.69) is 21.2 Å². The maximum Gasteiger partial charge on any atom is 0.264 e. The van der Waals surface area contributed by atoms with Gasteiger partial charge in [-0.25, -0.2) is 8.42 Å². The number of nitrogens with zero attached hydrogens (tertiary/aromatic N) is 2. The van der Waals surface area contributed by atoms with Crippen LogP contribution in [-0.4, -0.2) is 58.5 Å². The average Bonchev–Trinajstić information content (AvgIpc) is 3.07. The van der Waals surface area contributed by atoms with E-state index >= 15 is 0 Å². The molecule has 0 bridgehead atoms. The molecule has 1 N–H and O–H groups in total. The van der Waals surface area contributed by atoms with E-state index in [-0.39, 0.29) is 35.4 Å².